The first-order valence-corrected chi connectivity index (χ1v) is 9.18. The second-order valence-electron chi connectivity index (χ2n) is 6.75. The fourth-order valence-corrected chi connectivity index (χ4v) is 3.63. The molecule has 1 aliphatic heterocycles. The molecule has 1 unspecified atom stereocenters. The van der Waals surface area contributed by atoms with Crippen molar-refractivity contribution < 1.29 is 13.9 Å². The van der Waals surface area contributed by atoms with Crippen molar-refractivity contribution in [2.75, 3.05) is 19.7 Å². The third-order valence-electron chi connectivity index (χ3n) is 4.98. The highest BCUT2D eigenvalue weighted by Crippen LogP contribution is 2.22. The Labute approximate surface area is 153 Å². The molecule has 134 valence electrons. The molecule has 0 spiro atoms. The summed E-state index contributed by atoms with van der Waals surface area (Å²) in [7, 11) is 0. The van der Waals surface area contributed by atoms with Crippen molar-refractivity contribution in [1.29, 1.82) is 0 Å². The molecule has 0 radical (unpaired) electrons. The largest absolute Gasteiger partial charge is 0.469 e. The van der Waals surface area contributed by atoms with Gasteiger partial charge < -0.3 is 14.1 Å². The summed E-state index contributed by atoms with van der Waals surface area (Å²) in [5.74, 6) is 1.03. The quantitative estimate of drug-likeness (QED) is 0.703. The zero-order valence-electron chi connectivity index (χ0n) is 14.8. The lowest BCUT2D eigenvalue weighted by Crippen LogP contribution is -2.46. The zero-order chi connectivity index (χ0) is 17.8. The molecule has 1 amide bonds. The minimum Gasteiger partial charge on any atom is -0.469 e. The molecule has 3 aromatic rings. The first kappa shape index (κ1) is 16.9. The van der Waals surface area contributed by atoms with Crippen molar-refractivity contribution in [3.63, 3.8) is 0 Å². The molecule has 1 fully saturated rings. The number of hydrogen-bond acceptors (Lipinski definition) is 3. The van der Waals surface area contributed by atoms with Gasteiger partial charge in [-0.3, -0.25) is 4.79 Å². The van der Waals surface area contributed by atoms with E-state index in [4.69, 9.17) is 9.15 Å². The molecule has 4 nitrogen and oxygen atoms in total. The number of benzene rings is 2. The lowest BCUT2D eigenvalue weighted by atomic mass is 9.99. The first-order chi connectivity index (χ1) is 12.8. The van der Waals surface area contributed by atoms with Crippen molar-refractivity contribution >= 4 is 16.7 Å². The van der Waals surface area contributed by atoms with Crippen LogP contribution in [0.3, 0.4) is 0 Å². The number of carbonyl (C=O) groups excluding carboxylic acids is 1. The van der Waals surface area contributed by atoms with E-state index in [1.165, 1.54) is 16.3 Å². The molecule has 0 N–H and O–H groups in total. The van der Waals surface area contributed by atoms with Crippen molar-refractivity contribution in [1.82, 2.24) is 4.90 Å². The summed E-state index contributed by atoms with van der Waals surface area (Å²) in [4.78, 5) is 14.5. The Balaban J connectivity index is 1.39. The van der Waals surface area contributed by atoms with Crippen LogP contribution in [0.1, 0.15) is 17.7 Å². The van der Waals surface area contributed by atoms with Crippen molar-refractivity contribution in [2.45, 2.75) is 25.4 Å². The van der Waals surface area contributed by atoms with Gasteiger partial charge in [0.05, 0.1) is 19.0 Å². The number of rotatable bonds is 5. The molecule has 1 atom stereocenters. The summed E-state index contributed by atoms with van der Waals surface area (Å²) in [6.07, 6.45) is 3.64. The maximum Gasteiger partial charge on any atom is 0.223 e. The molecule has 4 heteroatoms. The van der Waals surface area contributed by atoms with E-state index >= 15 is 0 Å². The zero-order valence-corrected chi connectivity index (χ0v) is 14.8. The van der Waals surface area contributed by atoms with Gasteiger partial charge in [0.25, 0.3) is 0 Å². The summed E-state index contributed by atoms with van der Waals surface area (Å²) in [5.41, 5.74) is 1.28. The number of morpholine rings is 1. The molecular weight excluding hydrogens is 326 g/mol. The maximum atomic E-state index is 12.5. The molecule has 2 aromatic carbocycles. The van der Waals surface area contributed by atoms with Gasteiger partial charge in [0.1, 0.15) is 5.76 Å². The second-order valence-corrected chi connectivity index (χ2v) is 6.75. The van der Waals surface area contributed by atoms with Crippen LogP contribution in [0.15, 0.2) is 65.3 Å². The van der Waals surface area contributed by atoms with E-state index in [0.717, 1.165) is 12.2 Å². The number of ether oxygens (including phenoxy) is 1. The van der Waals surface area contributed by atoms with E-state index < -0.39 is 0 Å². The van der Waals surface area contributed by atoms with E-state index in [9.17, 15) is 4.79 Å². The molecule has 1 saturated heterocycles. The summed E-state index contributed by atoms with van der Waals surface area (Å²) >= 11 is 0. The molecule has 26 heavy (non-hydrogen) atoms. The number of aryl methyl sites for hydroxylation is 1. The van der Waals surface area contributed by atoms with Crippen LogP contribution >= 0.6 is 0 Å². The Kier molecular flexibility index (Phi) is 5.02. The summed E-state index contributed by atoms with van der Waals surface area (Å²) in [6.45, 7) is 1.92. The molecule has 2 heterocycles. The normalized spacial score (nSPS) is 17.5. The lowest BCUT2D eigenvalue weighted by molar-refractivity contribution is -0.138. The van der Waals surface area contributed by atoms with Crippen LogP contribution in [0, 0.1) is 0 Å². The first-order valence-electron chi connectivity index (χ1n) is 9.18. The Morgan fingerprint density at radius 2 is 1.96 bits per heavy atom. The maximum absolute atomic E-state index is 12.5. The van der Waals surface area contributed by atoms with Crippen LogP contribution in [0.2, 0.25) is 0 Å². The highest BCUT2D eigenvalue weighted by atomic mass is 16.5. The fourth-order valence-electron chi connectivity index (χ4n) is 3.63. The van der Waals surface area contributed by atoms with Crippen molar-refractivity contribution in [3.05, 3.63) is 72.2 Å². The third-order valence-corrected chi connectivity index (χ3v) is 4.98. The summed E-state index contributed by atoms with van der Waals surface area (Å²) < 4.78 is 11.3. The number of hydrogen-bond donors (Lipinski definition) is 0. The Morgan fingerprint density at radius 1 is 1.08 bits per heavy atom. The fraction of sp³-hybridized carbons (Fsp3) is 0.318. The minimum atomic E-state index is 0.0436. The van der Waals surface area contributed by atoms with Gasteiger partial charge in [-0.1, -0.05) is 42.5 Å². The summed E-state index contributed by atoms with van der Waals surface area (Å²) in [5, 5.41) is 2.51. The number of nitrogens with zero attached hydrogens (tertiary/aromatic N) is 1. The van der Waals surface area contributed by atoms with E-state index in [1.807, 2.05) is 17.0 Å². The van der Waals surface area contributed by atoms with Gasteiger partial charge in [-0.05, 0) is 28.5 Å². The molecule has 0 saturated carbocycles. The van der Waals surface area contributed by atoms with Crippen LogP contribution in [0.5, 0.6) is 0 Å². The predicted octanol–water partition coefficient (Wildman–Crippen LogP) is 3.84. The van der Waals surface area contributed by atoms with Gasteiger partial charge in [0, 0.05) is 32.4 Å². The Bertz CT molecular complexity index is 867. The topological polar surface area (TPSA) is 42.7 Å². The van der Waals surface area contributed by atoms with Crippen LogP contribution in [0.4, 0.5) is 0 Å². The minimum absolute atomic E-state index is 0.0436. The van der Waals surface area contributed by atoms with E-state index in [2.05, 4.69) is 42.5 Å². The van der Waals surface area contributed by atoms with E-state index in [1.54, 1.807) is 6.26 Å². The standard InChI is InChI=1S/C22H23NO3/c24-22(11-10-19-8-4-13-25-19)23-12-14-26-20(16-23)15-18-7-3-6-17-5-1-2-9-21(17)18/h1-9,13,20H,10-12,14-16H2. The second kappa shape index (κ2) is 7.75. The number of amides is 1. The van der Waals surface area contributed by atoms with Gasteiger partial charge in [-0.2, -0.15) is 0 Å². The average Bonchev–Trinajstić information content (AvgIpc) is 3.20. The SMILES string of the molecule is O=C(CCc1ccco1)N1CCOC(Cc2cccc3ccccc23)C1. The monoisotopic (exact) mass is 349 g/mol. The van der Waals surface area contributed by atoms with Crippen molar-refractivity contribution in [3.8, 4) is 0 Å². The highest BCUT2D eigenvalue weighted by Gasteiger charge is 2.24. The Morgan fingerprint density at radius 3 is 2.85 bits per heavy atom. The van der Waals surface area contributed by atoms with Crippen LogP contribution in [0.25, 0.3) is 10.8 Å². The number of fused-ring (bicyclic) bond motifs is 1. The van der Waals surface area contributed by atoms with Crippen molar-refractivity contribution in [2.24, 2.45) is 0 Å². The smallest absolute Gasteiger partial charge is 0.223 e. The van der Waals surface area contributed by atoms with Gasteiger partial charge in [-0.25, -0.2) is 0 Å². The lowest BCUT2D eigenvalue weighted by Gasteiger charge is -2.33. The summed E-state index contributed by atoms with van der Waals surface area (Å²) in [6, 6.07) is 18.6. The van der Waals surface area contributed by atoms with Gasteiger partial charge in [0.15, 0.2) is 0 Å². The highest BCUT2D eigenvalue weighted by molar-refractivity contribution is 5.85. The van der Waals surface area contributed by atoms with Crippen LogP contribution in [-0.2, 0) is 22.4 Å². The average molecular weight is 349 g/mol. The van der Waals surface area contributed by atoms with Gasteiger partial charge in [-0.15, -0.1) is 0 Å². The third kappa shape index (κ3) is 3.81. The number of carbonyl (C=O) groups is 1. The Hall–Kier alpha value is -2.59. The van der Waals surface area contributed by atoms with E-state index in [0.29, 0.717) is 32.5 Å². The van der Waals surface area contributed by atoms with Gasteiger partial charge >= 0.3 is 0 Å². The van der Waals surface area contributed by atoms with E-state index in [-0.39, 0.29) is 12.0 Å². The van der Waals surface area contributed by atoms with Gasteiger partial charge in [0.2, 0.25) is 5.91 Å². The molecule has 4 rings (SSSR count). The molecule has 1 aliphatic rings. The van der Waals surface area contributed by atoms with Crippen LogP contribution < -0.4 is 0 Å². The molecule has 0 aliphatic carbocycles. The van der Waals surface area contributed by atoms with Crippen LogP contribution in [-0.4, -0.2) is 36.6 Å². The molecule has 0 bridgehead atoms. The predicted molar refractivity (Wildman–Crippen MR) is 101 cm³/mol. The number of furan rings is 1. The molecular formula is C22H23NO3. The molecule has 1 aromatic heterocycles.